The second-order valence-electron chi connectivity index (χ2n) is 8.03. The summed E-state index contributed by atoms with van der Waals surface area (Å²) < 4.78 is 0. The number of hydrogen-bond donors (Lipinski definition) is 6. The van der Waals surface area contributed by atoms with Crippen molar-refractivity contribution in [1.29, 1.82) is 0 Å². The van der Waals surface area contributed by atoms with Crippen LogP contribution in [0.5, 0.6) is 0 Å². The number of thiol groups is 1. The van der Waals surface area contributed by atoms with E-state index in [0.717, 1.165) is 6.42 Å². The van der Waals surface area contributed by atoms with Gasteiger partial charge >= 0.3 is 5.97 Å². The highest BCUT2D eigenvalue weighted by Crippen LogP contribution is 2.10. The number of carboxylic acids is 1. The standard InChI is InChI=1S/C20H38N4O5S2/c1-6-12(4)16(21)19(27)23-14(9-11(2)3)18(26)22-13(7-8-31-5)17(25)24-15(10-30)20(28)29/h11-16,30H,6-10,21H2,1-5H3,(H,22,26)(H,23,27)(H,24,25)(H,28,29). The van der Waals surface area contributed by atoms with Crippen LogP contribution >= 0.6 is 24.4 Å². The number of nitrogens with two attached hydrogens (primary N) is 1. The number of carboxylic acid groups (broad SMARTS) is 1. The average Bonchev–Trinajstić information content (AvgIpc) is 2.71. The summed E-state index contributed by atoms with van der Waals surface area (Å²) in [6.07, 6.45) is 3.27. The number of aliphatic carboxylic acids is 1. The largest absolute Gasteiger partial charge is 0.480 e. The molecule has 0 bridgehead atoms. The Balaban J connectivity index is 5.40. The summed E-state index contributed by atoms with van der Waals surface area (Å²) >= 11 is 5.44. The van der Waals surface area contributed by atoms with Crippen LogP contribution in [0.25, 0.3) is 0 Å². The summed E-state index contributed by atoms with van der Waals surface area (Å²) in [5.74, 6) is -2.16. The Labute approximate surface area is 194 Å². The molecule has 0 aromatic heterocycles. The van der Waals surface area contributed by atoms with E-state index in [1.54, 1.807) is 0 Å². The van der Waals surface area contributed by atoms with Crippen LogP contribution in [0, 0.1) is 11.8 Å². The molecule has 0 aromatic rings. The highest BCUT2D eigenvalue weighted by molar-refractivity contribution is 7.98. The Kier molecular flexibility index (Phi) is 14.6. The maximum absolute atomic E-state index is 13.0. The maximum atomic E-state index is 13.0. The molecule has 0 rings (SSSR count). The van der Waals surface area contributed by atoms with Gasteiger partial charge in [0.2, 0.25) is 17.7 Å². The van der Waals surface area contributed by atoms with Crippen LogP contribution in [0.15, 0.2) is 0 Å². The van der Waals surface area contributed by atoms with Gasteiger partial charge in [-0.15, -0.1) is 0 Å². The Morgan fingerprint density at radius 2 is 1.48 bits per heavy atom. The van der Waals surface area contributed by atoms with Gasteiger partial charge in [-0.2, -0.15) is 24.4 Å². The smallest absolute Gasteiger partial charge is 0.327 e. The van der Waals surface area contributed by atoms with Gasteiger partial charge < -0.3 is 26.8 Å². The molecule has 0 heterocycles. The third kappa shape index (κ3) is 11.1. The number of hydrogen-bond acceptors (Lipinski definition) is 7. The normalized spacial score (nSPS) is 16.0. The number of carbonyl (C=O) groups is 4. The van der Waals surface area contributed by atoms with E-state index in [2.05, 4.69) is 28.6 Å². The van der Waals surface area contributed by atoms with Crippen LogP contribution in [-0.4, -0.2) is 70.7 Å². The lowest BCUT2D eigenvalue weighted by molar-refractivity contribution is -0.141. The molecule has 180 valence electrons. The molecule has 0 aliphatic heterocycles. The molecule has 0 saturated carbocycles. The van der Waals surface area contributed by atoms with Crippen molar-refractivity contribution in [2.24, 2.45) is 17.6 Å². The van der Waals surface area contributed by atoms with Gasteiger partial charge in [-0.05, 0) is 36.7 Å². The van der Waals surface area contributed by atoms with Crippen molar-refractivity contribution in [2.75, 3.05) is 17.8 Å². The first-order valence-corrected chi connectivity index (χ1v) is 12.5. The first-order chi connectivity index (χ1) is 14.5. The van der Waals surface area contributed by atoms with Gasteiger partial charge in [0.25, 0.3) is 0 Å². The molecule has 0 spiro atoms. The van der Waals surface area contributed by atoms with E-state index in [1.807, 2.05) is 34.0 Å². The first-order valence-electron chi connectivity index (χ1n) is 10.5. The molecule has 5 atom stereocenters. The molecule has 0 aliphatic carbocycles. The lowest BCUT2D eigenvalue weighted by Gasteiger charge is -2.26. The van der Waals surface area contributed by atoms with E-state index >= 15 is 0 Å². The van der Waals surface area contributed by atoms with Crippen molar-refractivity contribution in [3.8, 4) is 0 Å². The summed E-state index contributed by atoms with van der Waals surface area (Å²) in [6, 6.07) is -3.69. The zero-order chi connectivity index (χ0) is 24.1. The molecule has 31 heavy (non-hydrogen) atoms. The Bertz CT molecular complexity index is 606. The van der Waals surface area contributed by atoms with Crippen LogP contribution in [0.2, 0.25) is 0 Å². The highest BCUT2D eigenvalue weighted by atomic mass is 32.2. The molecule has 0 fully saturated rings. The van der Waals surface area contributed by atoms with E-state index < -0.39 is 47.9 Å². The SMILES string of the molecule is CCC(C)C(N)C(=O)NC(CC(C)C)C(=O)NC(CCSC)C(=O)NC(CS)C(=O)O. The predicted molar refractivity (Wildman–Crippen MR) is 127 cm³/mol. The van der Waals surface area contributed by atoms with Gasteiger partial charge in [-0.1, -0.05) is 34.1 Å². The number of nitrogens with one attached hydrogen (secondary N) is 3. The highest BCUT2D eigenvalue weighted by Gasteiger charge is 2.30. The second kappa shape index (κ2) is 15.4. The van der Waals surface area contributed by atoms with Gasteiger partial charge in [0.1, 0.15) is 18.1 Å². The Hall–Kier alpha value is -1.46. The molecule has 0 aromatic carbocycles. The molecule has 0 radical (unpaired) electrons. The van der Waals surface area contributed by atoms with E-state index in [-0.39, 0.29) is 17.6 Å². The van der Waals surface area contributed by atoms with Gasteiger partial charge in [0, 0.05) is 5.75 Å². The summed E-state index contributed by atoms with van der Waals surface area (Å²) in [7, 11) is 0. The second-order valence-corrected chi connectivity index (χ2v) is 9.38. The lowest BCUT2D eigenvalue weighted by Crippen LogP contribution is -2.58. The minimum Gasteiger partial charge on any atom is -0.480 e. The molecule has 0 aliphatic rings. The van der Waals surface area contributed by atoms with Gasteiger partial charge in [-0.3, -0.25) is 14.4 Å². The van der Waals surface area contributed by atoms with Crippen molar-refractivity contribution in [3.05, 3.63) is 0 Å². The fourth-order valence-corrected chi connectivity index (χ4v) is 3.44. The molecule has 9 nitrogen and oxygen atoms in total. The molecular formula is C20H38N4O5S2. The fourth-order valence-electron chi connectivity index (χ4n) is 2.72. The molecule has 6 N–H and O–H groups in total. The summed E-state index contributed by atoms with van der Waals surface area (Å²) in [6.45, 7) is 7.64. The van der Waals surface area contributed by atoms with Crippen LogP contribution in [-0.2, 0) is 19.2 Å². The number of thioether (sulfide) groups is 1. The number of carbonyl (C=O) groups excluding carboxylic acids is 3. The third-order valence-electron chi connectivity index (χ3n) is 4.94. The fraction of sp³-hybridized carbons (Fsp3) is 0.800. The van der Waals surface area contributed by atoms with Crippen molar-refractivity contribution < 1.29 is 24.3 Å². The quantitative estimate of drug-likeness (QED) is 0.189. The van der Waals surface area contributed by atoms with Gasteiger partial charge in [-0.25, -0.2) is 4.79 Å². The van der Waals surface area contributed by atoms with Crippen LogP contribution < -0.4 is 21.7 Å². The van der Waals surface area contributed by atoms with Crippen LogP contribution in [0.1, 0.15) is 47.0 Å². The topological polar surface area (TPSA) is 151 Å². The van der Waals surface area contributed by atoms with Crippen molar-refractivity contribution >= 4 is 48.1 Å². The third-order valence-corrected chi connectivity index (χ3v) is 5.95. The van der Waals surface area contributed by atoms with Crippen LogP contribution in [0.3, 0.4) is 0 Å². The Morgan fingerprint density at radius 1 is 0.968 bits per heavy atom. The van der Waals surface area contributed by atoms with Crippen LogP contribution in [0.4, 0.5) is 0 Å². The summed E-state index contributed by atoms with van der Waals surface area (Å²) in [5.41, 5.74) is 5.99. The minimum absolute atomic E-state index is 0.0444. The molecular weight excluding hydrogens is 440 g/mol. The van der Waals surface area contributed by atoms with Crippen molar-refractivity contribution in [2.45, 2.75) is 71.1 Å². The maximum Gasteiger partial charge on any atom is 0.327 e. The molecule has 3 amide bonds. The summed E-state index contributed by atoms with van der Waals surface area (Å²) in [5, 5.41) is 16.9. The van der Waals surface area contributed by atoms with Crippen molar-refractivity contribution in [3.63, 3.8) is 0 Å². The first kappa shape index (κ1) is 29.5. The number of amides is 3. The van der Waals surface area contributed by atoms with Gasteiger partial charge in [0.05, 0.1) is 6.04 Å². The Morgan fingerprint density at radius 3 is 1.94 bits per heavy atom. The lowest BCUT2D eigenvalue weighted by atomic mass is 9.97. The van der Waals surface area contributed by atoms with E-state index in [9.17, 15) is 19.2 Å². The van der Waals surface area contributed by atoms with Crippen molar-refractivity contribution in [1.82, 2.24) is 16.0 Å². The van der Waals surface area contributed by atoms with Gasteiger partial charge in [0.15, 0.2) is 0 Å². The monoisotopic (exact) mass is 478 g/mol. The zero-order valence-electron chi connectivity index (χ0n) is 19.0. The van der Waals surface area contributed by atoms with E-state index in [1.165, 1.54) is 11.8 Å². The molecule has 5 unspecified atom stereocenters. The predicted octanol–water partition coefficient (Wildman–Crippen LogP) is 0.628. The number of rotatable bonds is 15. The zero-order valence-corrected chi connectivity index (χ0v) is 20.7. The molecule has 0 saturated heterocycles. The average molecular weight is 479 g/mol. The minimum atomic E-state index is -1.21. The summed E-state index contributed by atoms with van der Waals surface area (Å²) in [4.78, 5) is 49.3. The van der Waals surface area contributed by atoms with E-state index in [0.29, 0.717) is 18.6 Å². The molecule has 11 heteroatoms. The van der Waals surface area contributed by atoms with E-state index in [4.69, 9.17) is 10.8 Å².